The molecule has 2 heterocycles. The predicted molar refractivity (Wildman–Crippen MR) is 107 cm³/mol. The van der Waals surface area contributed by atoms with E-state index >= 15 is 0 Å². The van der Waals surface area contributed by atoms with Crippen molar-refractivity contribution in [3.8, 4) is 5.69 Å². The number of thiophene rings is 1. The number of aryl methyl sites for hydroxylation is 1. The van der Waals surface area contributed by atoms with Crippen molar-refractivity contribution in [1.29, 1.82) is 0 Å². The third-order valence-corrected chi connectivity index (χ3v) is 6.23. The Labute approximate surface area is 161 Å². The van der Waals surface area contributed by atoms with Gasteiger partial charge in [-0.1, -0.05) is 30.0 Å². The molecule has 0 N–H and O–H groups in total. The molecule has 3 aromatic rings. The normalized spacial score (nSPS) is 13.7. The van der Waals surface area contributed by atoms with Gasteiger partial charge in [0.05, 0.1) is 11.4 Å². The molecule has 0 aliphatic heterocycles. The summed E-state index contributed by atoms with van der Waals surface area (Å²) in [7, 11) is 0. The molecule has 26 heavy (non-hydrogen) atoms. The average Bonchev–Trinajstić information content (AvgIpc) is 3.16. The van der Waals surface area contributed by atoms with Crippen LogP contribution in [0.4, 0.5) is 0 Å². The van der Waals surface area contributed by atoms with Crippen LogP contribution in [-0.2, 0) is 11.3 Å². The van der Waals surface area contributed by atoms with Gasteiger partial charge in [0, 0.05) is 25.0 Å². The van der Waals surface area contributed by atoms with Gasteiger partial charge in [0.1, 0.15) is 0 Å². The van der Waals surface area contributed by atoms with Gasteiger partial charge in [-0.2, -0.15) is 11.3 Å². The van der Waals surface area contributed by atoms with Gasteiger partial charge in [0.15, 0.2) is 5.16 Å². The molecule has 134 valence electrons. The summed E-state index contributed by atoms with van der Waals surface area (Å²) in [6.07, 6.45) is 6.00. The van der Waals surface area contributed by atoms with Crippen LogP contribution in [0.2, 0.25) is 0 Å². The van der Waals surface area contributed by atoms with Crippen molar-refractivity contribution in [3.63, 3.8) is 0 Å². The highest BCUT2D eigenvalue weighted by molar-refractivity contribution is 7.99. The topological polar surface area (TPSA) is 38.1 Å². The molecule has 4 nitrogen and oxygen atoms in total. The summed E-state index contributed by atoms with van der Waals surface area (Å²) >= 11 is 3.20. The smallest absolute Gasteiger partial charge is 0.233 e. The van der Waals surface area contributed by atoms with Crippen LogP contribution in [0.25, 0.3) is 5.69 Å². The Hall–Kier alpha value is -2.05. The van der Waals surface area contributed by atoms with Crippen molar-refractivity contribution < 1.29 is 4.79 Å². The molecule has 1 aliphatic rings. The summed E-state index contributed by atoms with van der Waals surface area (Å²) in [6.45, 7) is 2.81. The number of benzene rings is 1. The van der Waals surface area contributed by atoms with E-state index in [0.29, 0.717) is 11.8 Å². The number of amides is 1. The minimum absolute atomic E-state index is 0.197. The number of thioether (sulfide) groups is 1. The van der Waals surface area contributed by atoms with E-state index in [1.807, 2.05) is 23.2 Å². The second-order valence-electron chi connectivity index (χ2n) is 6.54. The Kier molecular flexibility index (Phi) is 5.13. The van der Waals surface area contributed by atoms with Crippen LogP contribution in [0.15, 0.2) is 58.6 Å². The molecule has 1 aliphatic carbocycles. The molecular weight excluding hydrogens is 362 g/mol. The molecule has 0 saturated heterocycles. The quantitative estimate of drug-likeness (QED) is 0.563. The molecule has 2 aromatic heterocycles. The van der Waals surface area contributed by atoms with Crippen LogP contribution in [-0.4, -0.2) is 32.2 Å². The molecule has 6 heteroatoms. The van der Waals surface area contributed by atoms with E-state index < -0.39 is 0 Å². The molecule has 0 radical (unpaired) electrons. The fourth-order valence-electron chi connectivity index (χ4n) is 3.01. The predicted octanol–water partition coefficient (Wildman–Crippen LogP) is 4.53. The Morgan fingerprint density at radius 2 is 2.19 bits per heavy atom. The minimum Gasteiger partial charge on any atom is -0.335 e. The zero-order chi connectivity index (χ0) is 17.9. The molecule has 0 atom stereocenters. The number of hydrogen-bond acceptors (Lipinski definition) is 4. The molecule has 1 fully saturated rings. The first-order chi connectivity index (χ1) is 12.7. The van der Waals surface area contributed by atoms with Crippen LogP contribution in [0.1, 0.15) is 24.0 Å². The van der Waals surface area contributed by atoms with Crippen molar-refractivity contribution in [3.05, 3.63) is 64.6 Å². The third kappa shape index (κ3) is 3.86. The Morgan fingerprint density at radius 1 is 1.35 bits per heavy atom. The summed E-state index contributed by atoms with van der Waals surface area (Å²) < 4.78 is 2.06. The maximum Gasteiger partial charge on any atom is 0.233 e. The number of imidazole rings is 1. The van der Waals surface area contributed by atoms with E-state index in [9.17, 15) is 4.79 Å². The van der Waals surface area contributed by atoms with Crippen LogP contribution in [0.5, 0.6) is 0 Å². The first-order valence-electron chi connectivity index (χ1n) is 8.75. The van der Waals surface area contributed by atoms with E-state index in [2.05, 4.69) is 45.4 Å². The van der Waals surface area contributed by atoms with Crippen LogP contribution in [0, 0.1) is 6.92 Å². The minimum atomic E-state index is 0.197. The summed E-state index contributed by atoms with van der Waals surface area (Å²) in [6, 6.07) is 10.7. The maximum atomic E-state index is 12.8. The highest BCUT2D eigenvalue weighted by Gasteiger charge is 2.32. The zero-order valence-electron chi connectivity index (χ0n) is 14.7. The van der Waals surface area contributed by atoms with Crippen molar-refractivity contribution in [1.82, 2.24) is 14.5 Å². The summed E-state index contributed by atoms with van der Waals surface area (Å²) in [5, 5.41) is 5.05. The number of carbonyl (C=O) groups excluding carboxylic acids is 1. The number of rotatable bonds is 7. The summed E-state index contributed by atoms with van der Waals surface area (Å²) in [5.41, 5.74) is 3.52. The largest absolute Gasteiger partial charge is 0.335 e. The molecular formula is C20H21N3OS2. The van der Waals surface area contributed by atoms with Gasteiger partial charge in [-0.15, -0.1) is 0 Å². The fraction of sp³-hybridized carbons (Fsp3) is 0.300. The number of hydrogen-bond donors (Lipinski definition) is 0. The number of para-hydroxylation sites is 1. The van der Waals surface area contributed by atoms with Gasteiger partial charge in [0.2, 0.25) is 5.91 Å². The highest BCUT2D eigenvalue weighted by Crippen LogP contribution is 2.30. The zero-order valence-corrected chi connectivity index (χ0v) is 16.3. The summed E-state index contributed by atoms with van der Waals surface area (Å²) in [4.78, 5) is 19.3. The lowest BCUT2D eigenvalue weighted by atomic mass is 10.2. The van der Waals surface area contributed by atoms with Gasteiger partial charge in [-0.3, -0.25) is 9.36 Å². The molecule has 4 rings (SSSR count). The van der Waals surface area contributed by atoms with E-state index in [4.69, 9.17) is 0 Å². The Balaban J connectivity index is 1.45. The van der Waals surface area contributed by atoms with Crippen LogP contribution >= 0.6 is 23.1 Å². The van der Waals surface area contributed by atoms with Crippen molar-refractivity contribution in [2.75, 3.05) is 5.75 Å². The van der Waals surface area contributed by atoms with Crippen LogP contribution < -0.4 is 0 Å². The first kappa shape index (κ1) is 17.4. The second-order valence-corrected chi connectivity index (χ2v) is 8.26. The number of carbonyl (C=O) groups is 1. The van der Waals surface area contributed by atoms with Crippen molar-refractivity contribution in [2.45, 2.75) is 37.5 Å². The van der Waals surface area contributed by atoms with Gasteiger partial charge in [-0.25, -0.2) is 4.98 Å². The average molecular weight is 384 g/mol. The van der Waals surface area contributed by atoms with E-state index in [1.54, 1.807) is 17.5 Å². The number of aromatic nitrogens is 2. The van der Waals surface area contributed by atoms with E-state index in [0.717, 1.165) is 30.2 Å². The summed E-state index contributed by atoms with van der Waals surface area (Å²) in [5.74, 6) is 0.617. The van der Waals surface area contributed by atoms with Gasteiger partial charge in [-0.05, 0) is 53.8 Å². The Morgan fingerprint density at radius 3 is 2.92 bits per heavy atom. The van der Waals surface area contributed by atoms with Crippen molar-refractivity contribution >= 4 is 29.0 Å². The van der Waals surface area contributed by atoms with Crippen LogP contribution in [0.3, 0.4) is 0 Å². The fourth-order valence-corrected chi connectivity index (χ4v) is 4.52. The monoisotopic (exact) mass is 383 g/mol. The SMILES string of the molecule is Cc1ccccc1-n1ccnc1SCC(=O)N(Cc1ccsc1)C1CC1. The Bertz CT molecular complexity index is 884. The first-order valence-corrected chi connectivity index (χ1v) is 10.7. The second kappa shape index (κ2) is 7.68. The lowest BCUT2D eigenvalue weighted by Gasteiger charge is -2.22. The lowest BCUT2D eigenvalue weighted by Crippen LogP contribution is -2.33. The standard InChI is InChI=1S/C20H21N3OS2/c1-15-4-2-3-5-18(15)22-10-9-21-20(22)26-14-19(24)23(17-6-7-17)12-16-8-11-25-13-16/h2-5,8-11,13,17H,6-7,12,14H2,1H3. The molecule has 1 aromatic carbocycles. The molecule has 1 saturated carbocycles. The molecule has 0 bridgehead atoms. The van der Waals surface area contributed by atoms with Gasteiger partial charge < -0.3 is 4.90 Å². The van der Waals surface area contributed by atoms with Gasteiger partial charge >= 0.3 is 0 Å². The highest BCUT2D eigenvalue weighted by atomic mass is 32.2. The molecule has 1 amide bonds. The maximum absolute atomic E-state index is 12.8. The third-order valence-electron chi connectivity index (χ3n) is 4.55. The van der Waals surface area contributed by atoms with E-state index in [-0.39, 0.29) is 5.91 Å². The van der Waals surface area contributed by atoms with E-state index in [1.165, 1.54) is 22.9 Å². The van der Waals surface area contributed by atoms with Crippen molar-refractivity contribution in [2.24, 2.45) is 0 Å². The molecule has 0 unspecified atom stereocenters. The molecule has 0 spiro atoms. The lowest BCUT2D eigenvalue weighted by molar-refractivity contribution is -0.129. The number of nitrogens with zero attached hydrogens (tertiary/aromatic N) is 3. The van der Waals surface area contributed by atoms with Gasteiger partial charge in [0.25, 0.3) is 0 Å².